The Balaban J connectivity index is 1.86. The van der Waals surface area contributed by atoms with Gasteiger partial charge in [-0.05, 0) is 56.0 Å². The number of rotatable bonds is 3. The summed E-state index contributed by atoms with van der Waals surface area (Å²) in [6.45, 7) is 4.23. The first-order valence-electron chi connectivity index (χ1n) is 7.76. The van der Waals surface area contributed by atoms with Gasteiger partial charge in [0.05, 0.1) is 6.10 Å². The van der Waals surface area contributed by atoms with Gasteiger partial charge in [0.25, 0.3) is 0 Å². The van der Waals surface area contributed by atoms with Gasteiger partial charge in [-0.25, -0.2) is 0 Å². The van der Waals surface area contributed by atoms with Crippen molar-refractivity contribution in [3.8, 4) is 0 Å². The van der Waals surface area contributed by atoms with Gasteiger partial charge in [0.1, 0.15) is 0 Å². The SMILES string of the molecule is COC1CCCC(CN)(N2CCc3sccc3C2C)C1. The van der Waals surface area contributed by atoms with Crippen molar-refractivity contribution < 1.29 is 4.74 Å². The fourth-order valence-corrected chi connectivity index (χ4v) is 5.17. The molecular formula is C16H26N2OS. The lowest BCUT2D eigenvalue weighted by atomic mass is 9.76. The number of ether oxygens (including phenoxy) is 1. The van der Waals surface area contributed by atoms with Crippen molar-refractivity contribution in [2.45, 2.75) is 56.7 Å². The molecule has 0 amide bonds. The Morgan fingerprint density at radius 3 is 3.15 bits per heavy atom. The Morgan fingerprint density at radius 1 is 1.55 bits per heavy atom. The van der Waals surface area contributed by atoms with Crippen LogP contribution in [-0.4, -0.2) is 36.7 Å². The molecule has 0 radical (unpaired) electrons. The van der Waals surface area contributed by atoms with Crippen molar-refractivity contribution in [1.29, 1.82) is 0 Å². The molecule has 3 rings (SSSR count). The number of thiophene rings is 1. The normalized spacial score (nSPS) is 35.0. The lowest BCUT2D eigenvalue weighted by Crippen LogP contribution is -2.59. The highest BCUT2D eigenvalue weighted by atomic mass is 32.1. The van der Waals surface area contributed by atoms with Crippen molar-refractivity contribution in [2.24, 2.45) is 5.73 Å². The van der Waals surface area contributed by atoms with Gasteiger partial charge in [0, 0.05) is 36.7 Å². The van der Waals surface area contributed by atoms with Crippen LogP contribution in [-0.2, 0) is 11.2 Å². The largest absolute Gasteiger partial charge is 0.381 e. The molecule has 1 aromatic rings. The summed E-state index contributed by atoms with van der Waals surface area (Å²) in [5.41, 5.74) is 7.91. The Hall–Kier alpha value is -0.420. The highest BCUT2D eigenvalue weighted by Crippen LogP contribution is 2.42. The fraction of sp³-hybridized carbons (Fsp3) is 0.750. The molecule has 3 unspecified atom stereocenters. The van der Waals surface area contributed by atoms with Crippen molar-refractivity contribution in [3.63, 3.8) is 0 Å². The predicted molar refractivity (Wildman–Crippen MR) is 84.2 cm³/mol. The second-order valence-corrected chi connectivity index (χ2v) is 7.30. The molecule has 2 heterocycles. The minimum atomic E-state index is 0.137. The fourth-order valence-electron chi connectivity index (χ4n) is 4.21. The van der Waals surface area contributed by atoms with Gasteiger partial charge in [-0.1, -0.05) is 0 Å². The summed E-state index contributed by atoms with van der Waals surface area (Å²) in [7, 11) is 1.84. The maximum absolute atomic E-state index is 6.25. The number of fused-ring (bicyclic) bond motifs is 1. The minimum Gasteiger partial charge on any atom is -0.381 e. The zero-order chi connectivity index (χ0) is 14.2. The predicted octanol–water partition coefficient (Wildman–Crippen LogP) is 2.95. The van der Waals surface area contributed by atoms with Crippen LogP contribution in [0, 0.1) is 0 Å². The minimum absolute atomic E-state index is 0.137. The molecule has 1 saturated carbocycles. The van der Waals surface area contributed by atoms with Crippen LogP contribution in [0.3, 0.4) is 0 Å². The van der Waals surface area contributed by atoms with Crippen LogP contribution in [0.2, 0.25) is 0 Å². The summed E-state index contributed by atoms with van der Waals surface area (Å²) in [5.74, 6) is 0. The Bertz CT molecular complexity index is 461. The molecule has 4 heteroatoms. The van der Waals surface area contributed by atoms with Crippen LogP contribution in [0.1, 0.15) is 49.1 Å². The summed E-state index contributed by atoms with van der Waals surface area (Å²) < 4.78 is 5.65. The van der Waals surface area contributed by atoms with E-state index in [9.17, 15) is 0 Å². The second kappa shape index (κ2) is 5.76. The smallest absolute Gasteiger partial charge is 0.0589 e. The first kappa shape index (κ1) is 14.5. The van der Waals surface area contributed by atoms with Gasteiger partial charge in [-0.2, -0.15) is 0 Å². The molecule has 0 saturated heterocycles. The molecule has 112 valence electrons. The third-order valence-corrected chi connectivity index (χ3v) is 6.37. The van der Waals surface area contributed by atoms with Crippen molar-refractivity contribution in [1.82, 2.24) is 4.90 Å². The Labute approximate surface area is 126 Å². The second-order valence-electron chi connectivity index (χ2n) is 6.30. The average Bonchev–Trinajstić information content (AvgIpc) is 2.97. The standard InChI is InChI=1S/C16H26N2OS/c1-12-14-6-9-20-15(14)5-8-18(12)16(11-17)7-3-4-13(10-16)19-2/h6,9,12-13H,3-5,7-8,10-11,17H2,1-2H3. The summed E-state index contributed by atoms with van der Waals surface area (Å²) in [4.78, 5) is 4.24. The van der Waals surface area contributed by atoms with Gasteiger partial charge < -0.3 is 10.5 Å². The topological polar surface area (TPSA) is 38.5 Å². The van der Waals surface area contributed by atoms with E-state index in [0.29, 0.717) is 12.1 Å². The maximum atomic E-state index is 6.25. The van der Waals surface area contributed by atoms with E-state index in [4.69, 9.17) is 10.5 Å². The molecule has 2 N–H and O–H groups in total. The van der Waals surface area contributed by atoms with Crippen LogP contribution in [0.4, 0.5) is 0 Å². The first-order chi connectivity index (χ1) is 9.70. The quantitative estimate of drug-likeness (QED) is 0.931. The zero-order valence-corrected chi connectivity index (χ0v) is 13.4. The van der Waals surface area contributed by atoms with Gasteiger partial charge in [-0.15, -0.1) is 11.3 Å². The number of hydrogen-bond donors (Lipinski definition) is 1. The van der Waals surface area contributed by atoms with Crippen molar-refractivity contribution >= 4 is 11.3 Å². The van der Waals surface area contributed by atoms with E-state index in [2.05, 4.69) is 23.3 Å². The number of nitrogens with zero attached hydrogens (tertiary/aromatic N) is 1. The summed E-state index contributed by atoms with van der Waals surface area (Å²) in [6, 6.07) is 2.79. The molecule has 3 atom stereocenters. The number of methoxy groups -OCH3 is 1. The highest BCUT2D eigenvalue weighted by molar-refractivity contribution is 7.10. The van der Waals surface area contributed by atoms with E-state index in [1.807, 2.05) is 18.4 Å². The molecule has 1 fully saturated rings. The Morgan fingerprint density at radius 2 is 2.40 bits per heavy atom. The van der Waals surface area contributed by atoms with E-state index in [0.717, 1.165) is 19.5 Å². The van der Waals surface area contributed by atoms with E-state index >= 15 is 0 Å². The Kier molecular flexibility index (Phi) is 4.18. The van der Waals surface area contributed by atoms with Crippen LogP contribution >= 0.6 is 11.3 Å². The maximum Gasteiger partial charge on any atom is 0.0589 e. The van der Waals surface area contributed by atoms with E-state index < -0.39 is 0 Å². The van der Waals surface area contributed by atoms with Crippen molar-refractivity contribution in [3.05, 3.63) is 21.9 Å². The summed E-state index contributed by atoms with van der Waals surface area (Å²) in [5, 5.41) is 2.23. The summed E-state index contributed by atoms with van der Waals surface area (Å²) >= 11 is 1.91. The van der Waals surface area contributed by atoms with E-state index in [1.165, 1.54) is 31.2 Å². The van der Waals surface area contributed by atoms with Gasteiger partial charge in [-0.3, -0.25) is 4.90 Å². The molecule has 0 spiro atoms. The monoisotopic (exact) mass is 294 g/mol. The van der Waals surface area contributed by atoms with Crippen LogP contribution < -0.4 is 5.73 Å². The summed E-state index contributed by atoms with van der Waals surface area (Å²) in [6.07, 6.45) is 6.27. The third kappa shape index (κ3) is 2.33. The molecule has 1 aliphatic carbocycles. The first-order valence-corrected chi connectivity index (χ1v) is 8.64. The van der Waals surface area contributed by atoms with Gasteiger partial charge in [0.15, 0.2) is 0 Å². The van der Waals surface area contributed by atoms with E-state index in [1.54, 1.807) is 4.88 Å². The van der Waals surface area contributed by atoms with Crippen LogP contribution in [0.5, 0.6) is 0 Å². The molecule has 3 nitrogen and oxygen atoms in total. The molecule has 1 aromatic heterocycles. The molecule has 1 aliphatic heterocycles. The zero-order valence-electron chi connectivity index (χ0n) is 12.6. The highest BCUT2D eigenvalue weighted by Gasteiger charge is 2.44. The van der Waals surface area contributed by atoms with Crippen LogP contribution in [0.25, 0.3) is 0 Å². The molecule has 0 bridgehead atoms. The molecule has 2 aliphatic rings. The molecular weight excluding hydrogens is 268 g/mol. The average molecular weight is 294 g/mol. The number of hydrogen-bond acceptors (Lipinski definition) is 4. The lowest BCUT2D eigenvalue weighted by Gasteiger charge is -2.52. The van der Waals surface area contributed by atoms with Gasteiger partial charge >= 0.3 is 0 Å². The van der Waals surface area contributed by atoms with Crippen LogP contribution in [0.15, 0.2) is 11.4 Å². The molecule has 0 aromatic carbocycles. The number of nitrogens with two attached hydrogens (primary N) is 1. The molecule has 20 heavy (non-hydrogen) atoms. The lowest BCUT2D eigenvalue weighted by molar-refractivity contribution is -0.0408. The third-order valence-electron chi connectivity index (χ3n) is 5.38. The van der Waals surface area contributed by atoms with Crippen molar-refractivity contribution in [2.75, 3.05) is 20.2 Å². The van der Waals surface area contributed by atoms with Gasteiger partial charge in [0.2, 0.25) is 0 Å². The van der Waals surface area contributed by atoms with E-state index in [-0.39, 0.29) is 5.54 Å².